The summed E-state index contributed by atoms with van der Waals surface area (Å²) in [5.74, 6) is 0.0699. The molecule has 0 saturated carbocycles. The van der Waals surface area contributed by atoms with Crippen LogP contribution in [0.4, 0.5) is 0 Å². The fraction of sp³-hybridized carbons (Fsp3) is 0.500. The first kappa shape index (κ1) is 16.0. The van der Waals surface area contributed by atoms with Crippen molar-refractivity contribution in [2.24, 2.45) is 5.73 Å². The van der Waals surface area contributed by atoms with Gasteiger partial charge in [-0.1, -0.05) is 30.3 Å². The third kappa shape index (κ3) is 4.82. The van der Waals surface area contributed by atoms with E-state index in [2.05, 4.69) is 10.2 Å². The highest BCUT2D eigenvalue weighted by molar-refractivity contribution is 5.85. The molecule has 1 aliphatic heterocycles. The minimum absolute atomic E-state index is 0. The third-order valence-electron chi connectivity index (χ3n) is 3.35. The SMILES string of the molecule is CC(NC(=O)CN1CCC(N)C1)c1ccccc1.Cl. The number of rotatable bonds is 4. The van der Waals surface area contributed by atoms with Crippen LogP contribution >= 0.6 is 12.4 Å². The molecule has 0 radical (unpaired) electrons. The van der Waals surface area contributed by atoms with Crippen molar-refractivity contribution in [3.05, 3.63) is 35.9 Å². The maximum Gasteiger partial charge on any atom is 0.234 e. The van der Waals surface area contributed by atoms with Crippen LogP contribution in [-0.2, 0) is 4.79 Å². The lowest BCUT2D eigenvalue weighted by molar-refractivity contribution is -0.122. The summed E-state index contributed by atoms with van der Waals surface area (Å²) in [5.41, 5.74) is 6.95. The molecule has 4 nitrogen and oxygen atoms in total. The number of hydrogen-bond acceptors (Lipinski definition) is 3. The maximum absolute atomic E-state index is 11.9. The normalized spacial score (nSPS) is 20.6. The molecule has 1 amide bonds. The van der Waals surface area contributed by atoms with Crippen molar-refractivity contribution in [2.75, 3.05) is 19.6 Å². The van der Waals surface area contributed by atoms with Gasteiger partial charge in [-0.2, -0.15) is 0 Å². The fourth-order valence-corrected chi connectivity index (χ4v) is 2.32. The van der Waals surface area contributed by atoms with Crippen molar-refractivity contribution in [3.63, 3.8) is 0 Å². The predicted molar refractivity (Wildman–Crippen MR) is 79.3 cm³/mol. The van der Waals surface area contributed by atoms with Gasteiger partial charge in [-0.05, 0) is 18.9 Å². The van der Waals surface area contributed by atoms with Gasteiger partial charge in [-0.3, -0.25) is 9.69 Å². The Hall–Kier alpha value is -1.10. The van der Waals surface area contributed by atoms with Gasteiger partial charge in [0.15, 0.2) is 0 Å². The lowest BCUT2D eigenvalue weighted by Gasteiger charge is -2.18. The van der Waals surface area contributed by atoms with Crippen molar-refractivity contribution in [1.29, 1.82) is 0 Å². The molecular formula is C14H22ClN3O. The molecule has 2 unspecified atom stereocenters. The second-order valence-electron chi connectivity index (χ2n) is 4.98. The van der Waals surface area contributed by atoms with Gasteiger partial charge in [0, 0.05) is 19.1 Å². The van der Waals surface area contributed by atoms with Gasteiger partial charge in [-0.15, -0.1) is 12.4 Å². The Balaban J connectivity index is 0.00000180. The molecule has 2 atom stereocenters. The lowest BCUT2D eigenvalue weighted by Crippen LogP contribution is -2.38. The first-order valence-electron chi connectivity index (χ1n) is 6.47. The molecular weight excluding hydrogens is 262 g/mol. The number of nitrogens with zero attached hydrogens (tertiary/aromatic N) is 1. The molecule has 3 N–H and O–H groups in total. The maximum atomic E-state index is 11.9. The van der Waals surface area contributed by atoms with Crippen LogP contribution in [0.2, 0.25) is 0 Å². The van der Waals surface area contributed by atoms with Gasteiger partial charge in [0.25, 0.3) is 0 Å². The van der Waals surface area contributed by atoms with Crippen molar-refractivity contribution >= 4 is 18.3 Å². The largest absolute Gasteiger partial charge is 0.348 e. The first-order chi connectivity index (χ1) is 8.65. The quantitative estimate of drug-likeness (QED) is 0.876. The van der Waals surface area contributed by atoms with E-state index in [0.29, 0.717) is 6.54 Å². The number of halogens is 1. The van der Waals surface area contributed by atoms with E-state index in [4.69, 9.17) is 5.73 Å². The summed E-state index contributed by atoms with van der Waals surface area (Å²) >= 11 is 0. The van der Waals surface area contributed by atoms with Gasteiger partial charge in [0.05, 0.1) is 12.6 Å². The predicted octanol–water partition coefficient (Wildman–Crippen LogP) is 1.32. The summed E-state index contributed by atoms with van der Waals surface area (Å²) < 4.78 is 0. The monoisotopic (exact) mass is 283 g/mol. The Morgan fingerprint density at radius 2 is 2.16 bits per heavy atom. The molecule has 1 fully saturated rings. The summed E-state index contributed by atoms with van der Waals surface area (Å²) in [4.78, 5) is 14.0. The van der Waals surface area contributed by atoms with E-state index in [1.54, 1.807) is 0 Å². The van der Waals surface area contributed by atoms with E-state index >= 15 is 0 Å². The number of carbonyl (C=O) groups is 1. The van der Waals surface area contributed by atoms with E-state index in [0.717, 1.165) is 25.1 Å². The third-order valence-corrected chi connectivity index (χ3v) is 3.35. The Labute approximate surface area is 120 Å². The summed E-state index contributed by atoms with van der Waals surface area (Å²) in [7, 11) is 0. The van der Waals surface area contributed by atoms with Crippen LogP contribution in [0.3, 0.4) is 0 Å². The van der Waals surface area contributed by atoms with Gasteiger partial charge in [0.2, 0.25) is 5.91 Å². The first-order valence-corrected chi connectivity index (χ1v) is 6.47. The van der Waals surface area contributed by atoms with E-state index in [9.17, 15) is 4.79 Å². The summed E-state index contributed by atoms with van der Waals surface area (Å²) in [6.07, 6.45) is 0.988. The molecule has 5 heteroatoms. The Kier molecular flexibility index (Phi) is 6.28. The van der Waals surface area contributed by atoms with Crippen molar-refractivity contribution < 1.29 is 4.79 Å². The highest BCUT2D eigenvalue weighted by Gasteiger charge is 2.21. The number of amides is 1. The highest BCUT2D eigenvalue weighted by Crippen LogP contribution is 2.11. The smallest absolute Gasteiger partial charge is 0.234 e. The second-order valence-corrected chi connectivity index (χ2v) is 4.98. The molecule has 0 spiro atoms. The average Bonchev–Trinajstić information content (AvgIpc) is 2.75. The molecule has 1 saturated heterocycles. The number of carbonyl (C=O) groups excluding carboxylic acids is 1. The minimum Gasteiger partial charge on any atom is -0.348 e. The highest BCUT2D eigenvalue weighted by atomic mass is 35.5. The van der Waals surface area contributed by atoms with E-state index in [1.165, 1.54) is 0 Å². The molecule has 1 heterocycles. The summed E-state index contributed by atoms with van der Waals surface area (Å²) in [5, 5.41) is 3.02. The van der Waals surface area contributed by atoms with E-state index in [-0.39, 0.29) is 30.4 Å². The Morgan fingerprint density at radius 3 is 2.74 bits per heavy atom. The molecule has 106 valence electrons. The zero-order valence-corrected chi connectivity index (χ0v) is 12.0. The standard InChI is InChI=1S/C14H21N3O.ClH/c1-11(12-5-3-2-4-6-12)16-14(18)10-17-8-7-13(15)9-17;/h2-6,11,13H,7-10,15H2,1H3,(H,16,18);1H. The Bertz CT molecular complexity index is 399. The van der Waals surface area contributed by atoms with Crippen LogP contribution in [0.1, 0.15) is 24.9 Å². The summed E-state index contributed by atoms with van der Waals surface area (Å²) in [6, 6.07) is 10.3. The van der Waals surface area contributed by atoms with Gasteiger partial charge < -0.3 is 11.1 Å². The van der Waals surface area contributed by atoms with Crippen LogP contribution in [0.25, 0.3) is 0 Å². The molecule has 1 aromatic rings. The number of benzene rings is 1. The molecule has 1 aromatic carbocycles. The van der Waals surface area contributed by atoms with Crippen LogP contribution in [0.15, 0.2) is 30.3 Å². The zero-order valence-electron chi connectivity index (χ0n) is 11.2. The van der Waals surface area contributed by atoms with Crippen LogP contribution in [0, 0.1) is 0 Å². The molecule has 1 aliphatic rings. The van der Waals surface area contributed by atoms with Crippen molar-refractivity contribution in [3.8, 4) is 0 Å². The van der Waals surface area contributed by atoms with Crippen LogP contribution in [-0.4, -0.2) is 36.5 Å². The fourth-order valence-electron chi connectivity index (χ4n) is 2.32. The van der Waals surface area contributed by atoms with Gasteiger partial charge in [0.1, 0.15) is 0 Å². The molecule has 0 aromatic heterocycles. The average molecular weight is 284 g/mol. The van der Waals surface area contributed by atoms with Crippen LogP contribution < -0.4 is 11.1 Å². The van der Waals surface area contributed by atoms with Gasteiger partial charge >= 0.3 is 0 Å². The molecule has 0 aliphatic carbocycles. The number of nitrogens with two attached hydrogens (primary N) is 1. The molecule has 2 rings (SSSR count). The number of nitrogens with one attached hydrogen (secondary N) is 1. The van der Waals surface area contributed by atoms with E-state index in [1.807, 2.05) is 37.3 Å². The van der Waals surface area contributed by atoms with Crippen molar-refractivity contribution in [1.82, 2.24) is 10.2 Å². The Morgan fingerprint density at radius 1 is 1.47 bits per heavy atom. The lowest BCUT2D eigenvalue weighted by atomic mass is 10.1. The van der Waals surface area contributed by atoms with Crippen LogP contribution in [0.5, 0.6) is 0 Å². The van der Waals surface area contributed by atoms with Crippen molar-refractivity contribution in [2.45, 2.75) is 25.4 Å². The second kappa shape index (κ2) is 7.48. The topological polar surface area (TPSA) is 58.4 Å². The molecule has 0 bridgehead atoms. The van der Waals surface area contributed by atoms with Gasteiger partial charge in [-0.25, -0.2) is 0 Å². The number of hydrogen-bond donors (Lipinski definition) is 2. The molecule has 19 heavy (non-hydrogen) atoms. The van der Waals surface area contributed by atoms with E-state index < -0.39 is 0 Å². The number of likely N-dealkylation sites (tertiary alicyclic amines) is 1. The summed E-state index contributed by atoms with van der Waals surface area (Å²) in [6.45, 7) is 4.20. The zero-order chi connectivity index (χ0) is 13.0. The minimum atomic E-state index is 0.